The summed E-state index contributed by atoms with van der Waals surface area (Å²) in [4.78, 5) is 36.4. The van der Waals surface area contributed by atoms with Crippen molar-refractivity contribution >= 4 is 29.7 Å². The number of aliphatic hydroxyl groups is 1. The van der Waals surface area contributed by atoms with Crippen LogP contribution in [0.3, 0.4) is 0 Å². The van der Waals surface area contributed by atoms with Crippen molar-refractivity contribution in [1.82, 2.24) is 10.2 Å². The number of rotatable bonds is 19. The number of carboxylic acids is 2. The smallest absolute Gasteiger partial charge is 0.327 e. The number of allylic oxidation sites excluding steroid dienone is 1. The molecule has 4 N–H and O–H groups in total. The van der Waals surface area contributed by atoms with E-state index in [1.165, 1.54) is 62.3 Å². The average molecular weight is 557 g/mol. The number of carbonyl (C=O) groups is 3. The summed E-state index contributed by atoms with van der Waals surface area (Å²) in [5.41, 5.74) is 1.29. The van der Waals surface area contributed by atoms with Crippen LogP contribution >= 0.6 is 11.8 Å². The van der Waals surface area contributed by atoms with E-state index in [-0.39, 0.29) is 18.7 Å². The van der Waals surface area contributed by atoms with Gasteiger partial charge in [-0.15, -0.1) is 0 Å². The quantitative estimate of drug-likeness (QED) is 0.117. The number of thioether (sulfide) groups is 1. The maximum atomic E-state index is 12.5. The van der Waals surface area contributed by atoms with Crippen LogP contribution < -0.4 is 5.32 Å². The molecule has 1 fully saturated rings. The van der Waals surface area contributed by atoms with Gasteiger partial charge in [0.1, 0.15) is 12.1 Å². The molecule has 5 atom stereocenters. The number of aliphatic carboxylic acids is 2. The zero-order valence-corrected chi connectivity index (χ0v) is 25.0. The topological polar surface area (TPSA) is 127 Å². The van der Waals surface area contributed by atoms with E-state index < -0.39 is 36.2 Å². The normalized spacial score (nSPS) is 20.4. The Hall–Kier alpha value is -1.74. The minimum Gasteiger partial charge on any atom is -0.480 e. The minimum absolute atomic E-state index is 0.0597. The molecule has 0 aromatic carbocycles. The van der Waals surface area contributed by atoms with Crippen molar-refractivity contribution in [3.8, 4) is 0 Å². The Labute approximate surface area is 234 Å². The van der Waals surface area contributed by atoms with Gasteiger partial charge in [0.15, 0.2) is 0 Å². The number of amides is 2. The number of aliphatic hydroxyl groups excluding tert-OH is 1. The first-order valence-electron chi connectivity index (χ1n) is 14.3. The van der Waals surface area contributed by atoms with Crippen LogP contribution in [0.5, 0.6) is 0 Å². The summed E-state index contributed by atoms with van der Waals surface area (Å²) >= 11 is 1.41. The Morgan fingerprint density at radius 1 is 0.974 bits per heavy atom. The van der Waals surface area contributed by atoms with Gasteiger partial charge in [-0.3, -0.25) is 0 Å². The van der Waals surface area contributed by atoms with Gasteiger partial charge in [0.05, 0.1) is 6.10 Å². The van der Waals surface area contributed by atoms with Gasteiger partial charge >= 0.3 is 18.0 Å². The molecule has 1 aliphatic heterocycles. The van der Waals surface area contributed by atoms with Gasteiger partial charge in [0, 0.05) is 24.5 Å². The van der Waals surface area contributed by atoms with Crippen molar-refractivity contribution in [2.24, 2.45) is 17.8 Å². The Balaban J connectivity index is 2.26. The van der Waals surface area contributed by atoms with E-state index in [2.05, 4.69) is 46.0 Å². The molecule has 0 aliphatic carbocycles. The van der Waals surface area contributed by atoms with Crippen LogP contribution in [0.2, 0.25) is 0 Å². The zero-order valence-electron chi connectivity index (χ0n) is 24.2. The second-order valence-corrected chi connectivity index (χ2v) is 12.8. The summed E-state index contributed by atoms with van der Waals surface area (Å²) < 4.78 is 0. The van der Waals surface area contributed by atoms with E-state index in [9.17, 15) is 29.7 Å². The molecular weight excluding hydrogens is 504 g/mol. The van der Waals surface area contributed by atoms with Crippen LogP contribution in [0.4, 0.5) is 4.79 Å². The van der Waals surface area contributed by atoms with Crippen LogP contribution in [0, 0.1) is 17.8 Å². The third-order valence-electron chi connectivity index (χ3n) is 7.40. The zero-order chi connectivity index (χ0) is 28.7. The Morgan fingerprint density at radius 3 is 2.11 bits per heavy atom. The van der Waals surface area contributed by atoms with Gasteiger partial charge in [-0.05, 0) is 37.5 Å². The van der Waals surface area contributed by atoms with Gasteiger partial charge < -0.3 is 25.5 Å². The largest absolute Gasteiger partial charge is 0.480 e. The van der Waals surface area contributed by atoms with Gasteiger partial charge in [0.2, 0.25) is 0 Å². The fourth-order valence-corrected chi connectivity index (χ4v) is 5.88. The molecule has 0 radical (unpaired) electrons. The molecule has 0 aromatic heterocycles. The third-order valence-corrected chi connectivity index (χ3v) is 8.37. The molecule has 0 saturated carbocycles. The van der Waals surface area contributed by atoms with Crippen molar-refractivity contribution in [2.75, 3.05) is 18.1 Å². The lowest BCUT2D eigenvalue weighted by molar-refractivity contribution is -0.141. The Morgan fingerprint density at radius 2 is 1.55 bits per heavy atom. The highest BCUT2D eigenvalue weighted by Crippen LogP contribution is 2.22. The number of β-amino-alcohol motifs (C(OH)–C–C–N with tert-alkyl or cyclic N) is 1. The highest BCUT2D eigenvalue weighted by Gasteiger charge is 2.40. The molecule has 0 aromatic rings. The van der Waals surface area contributed by atoms with Crippen molar-refractivity contribution in [2.45, 2.75) is 117 Å². The standard InChI is InChI=1S/C29H52N2O6S/c1-20(2)9-6-10-21(3)11-7-12-22(4)13-8-14-23(5)15-16-38-19-25(27(33)34)30-29(37)31-18-24(32)17-26(31)28(35)36/h15,20-22,24-26,32H,6-14,16-19H2,1-5H3,(H,30,37)(H,33,34)(H,35,36)/b23-15+/t21?,22?,24-,25+,26+/m1/s1. The Bertz CT molecular complexity index is 759. The molecule has 1 rings (SSSR count). The average Bonchev–Trinajstić information content (AvgIpc) is 3.22. The van der Waals surface area contributed by atoms with Crippen LogP contribution in [-0.4, -0.2) is 74.4 Å². The molecule has 1 heterocycles. The predicted octanol–water partition coefficient (Wildman–Crippen LogP) is 5.79. The second kappa shape index (κ2) is 18.5. The third kappa shape index (κ3) is 14.4. The maximum Gasteiger partial charge on any atom is 0.327 e. The number of nitrogens with zero attached hydrogens (tertiary/aromatic N) is 1. The SMILES string of the molecule is C/C(=C\CSC[C@H](NC(=O)N1C[C@H](O)C[C@H]1C(=O)O)C(=O)O)CCCC(C)CCCC(C)CCCC(C)C. The summed E-state index contributed by atoms with van der Waals surface area (Å²) in [6.07, 6.45) is 12.5. The maximum absolute atomic E-state index is 12.5. The molecule has 38 heavy (non-hydrogen) atoms. The summed E-state index contributed by atoms with van der Waals surface area (Å²) in [6.45, 7) is 11.3. The van der Waals surface area contributed by atoms with Gasteiger partial charge in [-0.25, -0.2) is 14.4 Å². The fraction of sp³-hybridized carbons (Fsp3) is 0.828. The molecule has 2 amide bonds. The van der Waals surface area contributed by atoms with Crippen LogP contribution in [-0.2, 0) is 9.59 Å². The molecule has 0 bridgehead atoms. The lowest BCUT2D eigenvalue weighted by Gasteiger charge is -2.24. The van der Waals surface area contributed by atoms with Crippen molar-refractivity contribution < 1.29 is 29.7 Å². The molecular formula is C29H52N2O6S. The van der Waals surface area contributed by atoms with Gasteiger partial charge in [0.25, 0.3) is 0 Å². The van der Waals surface area contributed by atoms with Crippen LogP contribution in [0.15, 0.2) is 11.6 Å². The minimum atomic E-state index is -1.21. The van der Waals surface area contributed by atoms with Gasteiger partial charge in [-0.1, -0.05) is 84.3 Å². The van der Waals surface area contributed by atoms with E-state index in [0.29, 0.717) is 5.75 Å². The number of carboxylic acid groups (broad SMARTS) is 2. The van der Waals surface area contributed by atoms with Crippen molar-refractivity contribution in [3.63, 3.8) is 0 Å². The van der Waals surface area contributed by atoms with Crippen molar-refractivity contribution in [1.29, 1.82) is 0 Å². The first kappa shape index (κ1) is 34.3. The summed E-state index contributed by atoms with van der Waals surface area (Å²) in [7, 11) is 0. The van der Waals surface area contributed by atoms with Crippen LogP contribution in [0.1, 0.15) is 98.8 Å². The molecule has 8 nitrogen and oxygen atoms in total. The van der Waals surface area contributed by atoms with E-state index in [0.717, 1.165) is 35.5 Å². The lowest BCUT2D eigenvalue weighted by Crippen LogP contribution is -2.52. The Kier molecular flexibility index (Phi) is 16.7. The van der Waals surface area contributed by atoms with Gasteiger partial charge in [-0.2, -0.15) is 11.8 Å². The van der Waals surface area contributed by atoms with E-state index in [4.69, 9.17) is 0 Å². The van der Waals surface area contributed by atoms with E-state index in [1.807, 2.05) is 0 Å². The highest BCUT2D eigenvalue weighted by atomic mass is 32.2. The molecule has 2 unspecified atom stereocenters. The highest BCUT2D eigenvalue weighted by molar-refractivity contribution is 7.99. The summed E-state index contributed by atoms with van der Waals surface area (Å²) in [5, 5.41) is 30.9. The number of urea groups is 1. The van der Waals surface area contributed by atoms with E-state index >= 15 is 0 Å². The molecule has 1 saturated heterocycles. The monoisotopic (exact) mass is 556 g/mol. The van der Waals surface area contributed by atoms with Crippen molar-refractivity contribution in [3.05, 3.63) is 11.6 Å². The number of likely N-dealkylation sites (tertiary alicyclic amines) is 1. The summed E-state index contributed by atoms with van der Waals surface area (Å²) in [5.74, 6) is 0.804. The van der Waals surface area contributed by atoms with Crippen LogP contribution in [0.25, 0.3) is 0 Å². The number of hydrogen-bond acceptors (Lipinski definition) is 5. The first-order chi connectivity index (χ1) is 17.9. The molecule has 0 spiro atoms. The first-order valence-corrected chi connectivity index (χ1v) is 15.5. The molecule has 1 aliphatic rings. The number of hydrogen-bond donors (Lipinski definition) is 4. The van der Waals surface area contributed by atoms with E-state index in [1.54, 1.807) is 0 Å². The summed E-state index contributed by atoms with van der Waals surface area (Å²) in [6, 6.07) is -3.06. The second-order valence-electron chi connectivity index (χ2n) is 11.7. The molecule has 220 valence electrons. The lowest BCUT2D eigenvalue weighted by atomic mass is 9.91. The number of nitrogens with one attached hydrogen (secondary N) is 1. The fourth-order valence-electron chi connectivity index (χ4n) is 4.88. The molecule has 9 heteroatoms. The number of carbonyl (C=O) groups excluding carboxylic acids is 1. The predicted molar refractivity (Wildman–Crippen MR) is 155 cm³/mol.